The second-order valence-electron chi connectivity index (χ2n) is 3.99. The van der Waals surface area contributed by atoms with Gasteiger partial charge in [0.05, 0.1) is 10.8 Å². The molecule has 0 aliphatic rings. The number of Topliss-reactive ketones (excluding diaryl/α,β-unsaturated/α-hetero) is 1. The fraction of sp³-hybridized carbons (Fsp3) is 0.417. The Morgan fingerprint density at radius 2 is 2.00 bits per heavy atom. The maximum Gasteiger partial charge on any atom is 0.179 e. The van der Waals surface area contributed by atoms with Crippen molar-refractivity contribution in [2.24, 2.45) is 0 Å². The minimum absolute atomic E-state index is 0.0925. The lowest BCUT2D eigenvalue weighted by Crippen LogP contribution is -2.20. The Balaban J connectivity index is 2.76. The zero-order valence-corrected chi connectivity index (χ0v) is 12.7. The van der Waals surface area contributed by atoms with Crippen LogP contribution < -0.4 is 0 Å². The van der Waals surface area contributed by atoms with Crippen LogP contribution in [-0.2, 0) is 14.6 Å². The molecule has 0 aliphatic carbocycles. The van der Waals surface area contributed by atoms with E-state index in [0.29, 0.717) is 18.1 Å². The van der Waals surface area contributed by atoms with Crippen LogP contribution in [0.4, 0.5) is 0 Å². The third-order valence-corrected chi connectivity index (χ3v) is 4.56. The molecule has 0 bridgehead atoms. The Morgan fingerprint density at radius 1 is 1.32 bits per heavy atom. The molecule has 4 nitrogen and oxygen atoms in total. The molecule has 0 N–H and O–H groups in total. The van der Waals surface area contributed by atoms with E-state index in [-0.39, 0.29) is 16.3 Å². The lowest BCUT2D eigenvalue weighted by molar-refractivity contribution is 0.102. The van der Waals surface area contributed by atoms with E-state index >= 15 is 0 Å². The molecule has 0 atom stereocenters. The second-order valence-corrected chi connectivity index (χ2v) is 7.01. The molecule has 0 radical (unpaired) electrons. The van der Waals surface area contributed by atoms with Gasteiger partial charge in [0, 0.05) is 24.3 Å². The molecule has 0 spiro atoms. The van der Waals surface area contributed by atoms with E-state index in [1.165, 1.54) is 25.3 Å². The van der Waals surface area contributed by atoms with Gasteiger partial charge in [0.2, 0.25) is 0 Å². The molecule has 7 heteroatoms. The number of methoxy groups -OCH3 is 1. The summed E-state index contributed by atoms with van der Waals surface area (Å²) in [7, 11) is -1.97. The van der Waals surface area contributed by atoms with Crippen molar-refractivity contribution in [3.63, 3.8) is 0 Å². The lowest BCUT2D eigenvalue weighted by atomic mass is 10.1. The smallest absolute Gasteiger partial charge is 0.179 e. The van der Waals surface area contributed by atoms with Crippen LogP contribution in [0.3, 0.4) is 0 Å². The number of benzene rings is 1. The second kappa shape index (κ2) is 7.24. The molecular weight excluding hydrogens is 311 g/mol. The minimum Gasteiger partial charge on any atom is -0.385 e. The van der Waals surface area contributed by atoms with Crippen LogP contribution in [0.15, 0.2) is 18.2 Å². The maximum absolute atomic E-state index is 11.9. The Bertz CT molecular complexity index is 555. The first-order valence-corrected chi connectivity index (χ1v) is 8.11. The highest BCUT2D eigenvalue weighted by Crippen LogP contribution is 2.21. The van der Waals surface area contributed by atoms with Crippen LogP contribution >= 0.6 is 23.2 Å². The molecule has 1 aromatic carbocycles. The van der Waals surface area contributed by atoms with E-state index < -0.39 is 21.4 Å². The fourth-order valence-electron chi connectivity index (χ4n) is 1.48. The highest BCUT2D eigenvalue weighted by molar-refractivity contribution is 7.92. The summed E-state index contributed by atoms with van der Waals surface area (Å²) in [5.41, 5.74) is 0.129. The number of sulfone groups is 1. The highest BCUT2D eigenvalue weighted by atomic mass is 35.5. The van der Waals surface area contributed by atoms with Gasteiger partial charge in [0.1, 0.15) is 5.75 Å². The number of halogens is 2. The number of hydrogen-bond acceptors (Lipinski definition) is 4. The Hall–Kier alpha value is -0.620. The van der Waals surface area contributed by atoms with Crippen molar-refractivity contribution in [1.29, 1.82) is 0 Å². The van der Waals surface area contributed by atoms with Gasteiger partial charge in [-0.2, -0.15) is 0 Å². The van der Waals surface area contributed by atoms with Crippen molar-refractivity contribution in [2.75, 3.05) is 25.2 Å². The van der Waals surface area contributed by atoms with Crippen LogP contribution in [0.1, 0.15) is 16.8 Å². The van der Waals surface area contributed by atoms with E-state index in [1.54, 1.807) is 0 Å². The van der Waals surface area contributed by atoms with Gasteiger partial charge in [-0.1, -0.05) is 23.2 Å². The van der Waals surface area contributed by atoms with Crippen LogP contribution in [0.5, 0.6) is 0 Å². The van der Waals surface area contributed by atoms with Crippen molar-refractivity contribution in [3.05, 3.63) is 33.8 Å². The number of rotatable bonds is 7. The van der Waals surface area contributed by atoms with Gasteiger partial charge in [0.15, 0.2) is 15.6 Å². The Kier molecular flexibility index (Phi) is 6.26. The van der Waals surface area contributed by atoms with Gasteiger partial charge in [-0.25, -0.2) is 8.42 Å². The summed E-state index contributed by atoms with van der Waals surface area (Å²) < 4.78 is 28.2. The molecule has 19 heavy (non-hydrogen) atoms. The number of ketones is 1. The number of ether oxygens (including phenoxy) is 1. The van der Waals surface area contributed by atoms with Gasteiger partial charge in [-0.15, -0.1) is 0 Å². The molecule has 0 saturated heterocycles. The average molecular weight is 325 g/mol. The van der Waals surface area contributed by atoms with E-state index in [1.807, 2.05) is 0 Å². The molecule has 0 heterocycles. The summed E-state index contributed by atoms with van der Waals surface area (Å²) in [6, 6.07) is 4.37. The molecule has 1 aromatic rings. The van der Waals surface area contributed by atoms with Crippen LogP contribution in [-0.4, -0.2) is 39.4 Å². The highest BCUT2D eigenvalue weighted by Gasteiger charge is 2.19. The third-order valence-electron chi connectivity index (χ3n) is 2.38. The van der Waals surface area contributed by atoms with Crippen molar-refractivity contribution in [1.82, 2.24) is 0 Å². The van der Waals surface area contributed by atoms with Gasteiger partial charge in [0.25, 0.3) is 0 Å². The van der Waals surface area contributed by atoms with E-state index in [4.69, 9.17) is 27.9 Å². The molecule has 0 amide bonds. The van der Waals surface area contributed by atoms with Crippen molar-refractivity contribution < 1.29 is 17.9 Å². The summed E-state index contributed by atoms with van der Waals surface area (Å²) in [6.07, 6.45) is 0.357. The van der Waals surface area contributed by atoms with E-state index in [9.17, 15) is 13.2 Å². The molecule has 0 fully saturated rings. The Labute approximate surface area is 122 Å². The van der Waals surface area contributed by atoms with Crippen molar-refractivity contribution in [2.45, 2.75) is 6.42 Å². The van der Waals surface area contributed by atoms with Crippen LogP contribution in [0.25, 0.3) is 0 Å². The molecule has 1 rings (SSSR count). The predicted molar refractivity (Wildman–Crippen MR) is 75.9 cm³/mol. The van der Waals surface area contributed by atoms with E-state index in [2.05, 4.69) is 0 Å². The SMILES string of the molecule is COCCCS(=O)(=O)CC(=O)c1cc(Cl)ccc1Cl. The third kappa shape index (κ3) is 5.48. The number of carbonyl (C=O) groups excluding carboxylic acids is 1. The van der Waals surface area contributed by atoms with Gasteiger partial charge in [-0.3, -0.25) is 4.79 Å². The van der Waals surface area contributed by atoms with Crippen LogP contribution in [0, 0.1) is 0 Å². The minimum atomic E-state index is -3.46. The van der Waals surface area contributed by atoms with Gasteiger partial charge in [-0.05, 0) is 24.6 Å². The number of carbonyl (C=O) groups is 1. The lowest BCUT2D eigenvalue weighted by Gasteiger charge is -2.06. The first kappa shape index (κ1) is 16.4. The summed E-state index contributed by atoms with van der Waals surface area (Å²) in [5, 5.41) is 0.533. The normalized spacial score (nSPS) is 11.5. The quantitative estimate of drug-likeness (QED) is 0.571. The summed E-state index contributed by atoms with van der Waals surface area (Å²) in [6.45, 7) is 0.339. The first-order valence-electron chi connectivity index (χ1n) is 5.53. The molecule has 0 aromatic heterocycles. The molecular formula is C12H14Cl2O4S. The maximum atomic E-state index is 11.9. The number of hydrogen-bond donors (Lipinski definition) is 0. The largest absolute Gasteiger partial charge is 0.385 e. The van der Waals surface area contributed by atoms with Gasteiger partial charge < -0.3 is 4.74 Å². The standard InChI is InChI=1S/C12H14Cl2O4S/c1-18-5-2-6-19(16,17)8-12(15)10-7-9(13)3-4-11(10)14/h3-4,7H,2,5-6,8H2,1H3. The molecule has 0 saturated carbocycles. The zero-order valence-electron chi connectivity index (χ0n) is 10.4. The fourth-order valence-corrected chi connectivity index (χ4v) is 3.14. The van der Waals surface area contributed by atoms with Gasteiger partial charge >= 0.3 is 0 Å². The topological polar surface area (TPSA) is 60.4 Å². The first-order chi connectivity index (χ1) is 8.85. The summed E-state index contributed by atoms with van der Waals surface area (Å²) >= 11 is 11.6. The van der Waals surface area contributed by atoms with Crippen LogP contribution in [0.2, 0.25) is 10.0 Å². The average Bonchev–Trinajstić information content (AvgIpc) is 2.31. The van der Waals surface area contributed by atoms with E-state index in [0.717, 1.165) is 0 Å². The molecule has 0 unspecified atom stereocenters. The van der Waals surface area contributed by atoms with Crippen molar-refractivity contribution >= 4 is 38.8 Å². The molecule has 106 valence electrons. The zero-order chi connectivity index (χ0) is 14.5. The summed E-state index contributed by atoms with van der Waals surface area (Å²) in [4.78, 5) is 11.9. The molecule has 0 aliphatic heterocycles. The monoisotopic (exact) mass is 324 g/mol. The summed E-state index contributed by atoms with van der Waals surface area (Å²) in [5.74, 6) is -1.22. The Morgan fingerprint density at radius 3 is 2.63 bits per heavy atom. The predicted octanol–water partition coefficient (Wildman–Crippen LogP) is 2.63. The van der Waals surface area contributed by atoms with Crippen molar-refractivity contribution in [3.8, 4) is 0 Å².